The van der Waals surface area contributed by atoms with Gasteiger partial charge in [0.15, 0.2) is 0 Å². The Hall–Kier alpha value is -10.4. The first-order chi connectivity index (χ1) is 58.9. The highest BCUT2D eigenvalue weighted by molar-refractivity contribution is 6.11. The quantitative estimate of drug-likeness (QED) is 0.0609. The number of ether oxygens (including phenoxy) is 4. The summed E-state index contributed by atoms with van der Waals surface area (Å²) >= 11 is 0. The van der Waals surface area contributed by atoms with Crippen LogP contribution in [-0.4, -0.2) is 171 Å². The molecule has 0 atom stereocenters. The molecule has 0 saturated carbocycles. The van der Waals surface area contributed by atoms with Crippen molar-refractivity contribution in [1.29, 1.82) is 0 Å². The van der Waals surface area contributed by atoms with Crippen molar-refractivity contribution in [3.05, 3.63) is 218 Å². The van der Waals surface area contributed by atoms with Crippen LogP contribution in [-0.2, 0) is 18.9 Å². The Morgan fingerprint density at radius 1 is 0.172 bits per heavy atom. The summed E-state index contributed by atoms with van der Waals surface area (Å²) < 4.78 is 19.3. The zero-order valence-corrected chi connectivity index (χ0v) is 77.5. The van der Waals surface area contributed by atoms with E-state index in [1.165, 1.54) is 133 Å². The second-order valence-electron chi connectivity index (χ2n) is 34.6. The van der Waals surface area contributed by atoms with Gasteiger partial charge in [-0.05, 0) is 239 Å². The van der Waals surface area contributed by atoms with E-state index in [0.717, 1.165) is 117 Å². The minimum absolute atomic E-state index is 0.362. The molecule has 0 fully saturated rings. The third-order valence-electron chi connectivity index (χ3n) is 29.8. The molecule has 0 amide bonds. The maximum Gasteiger partial charge on any atom is 0.112 e. The van der Waals surface area contributed by atoms with E-state index in [0.29, 0.717) is 0 Å². The molecular formula is C106H138N12O4. The lowest BCUT2D eigenvalue weighted by Gasteiger charge is -2.61. The van der Waals surface area contributed by atoms with Gasteiger partial charge in [-0.25, -0.2) is 0 Å². The lowest BCUT2D eigenvalue weighted by Crippen LogP contribution is -2.68. The van der Waals surface area contributed by atoms with Crippen molar-refractivity contribution in [2.24, 2.45) is 0 Å². The second kappa shape index (κ2) is 36.2. The highest BCUT2D eigenvalue weighted by atomic mass is 16.5. The van der Waals surface area contributed by atoms with Crippen LogP contribution in [0.3, 0.4) is 0 Å². The molecule has 0 bridgehead atoms. The molecule has 18 rings (SSSR count). The van der Waals surface area contributed by atoms with Gasteiger partial charge in [0.2, 0.25) is 0 Å². The van der Waals surface area contributed by atoms with Gasteiger partial charge >= 0.3 is 0 Å². The van der Waals surface area contributed by atoms with E-state index in [2.05, 4.69) is 376 Å². The lowest BCUT2D eigenvalue weighted by atomic mass is 9.77. The zero-order chi connectivity index (χ0) is 86.8. The predicted octanol–water partition coefficient (Wildman–Crippen LogP) is 23.7. The summed E-state index contributed by atoms with van der Waals surface area (Å²) in [6.07, 6.45) is 8.79. The largest absolute Gasteiger partial charge is 0.382 e. The molecule has 6 aliphatic heterocycles. The lowest BCUT2D eigenvalue weighted by molar-refractivity contribution is 0.162. The number of rotatable bonds is 23. The first-order valence-electron chi connectivity index (χ1n) is 45.2. The first-order valence-corrected chi connectivity index (χ1v) is 45.2. The molecule has 0 saturated heterocycles. The van der Waals surface area contributed by atoms with E-state index >= 15 is 0 Å². The third kappa shape index (κ3) is 14.7. The maximum absolute atomic E-state index is 4.83. The summed E-state index contributed by atoms with van der Waals surface area (Å²) in [4.78, 5) is 32.2. The minimum atomic E-state index is -0.538. The van der Waals surface area contributed by atoms with Crippen molar-refractivity contribution in [2.45, 2.75) is 167 Å². The van der Waals surface area contributed by atoms with Gasteiger partial charge in [0.05, 0.1) is 0 Å². The van der Waals surface area contributed by atoms with Crippen LogP contribution in [0.5, 0.6) is 0 Å². The van der Waals surface area contributed by atoms with E-state index in [9.17, 15) is 0 Å². The Bertz CT molecular complexity index is 5020. The monoisotopic (exact) mass is 1640 g/mol. The summed E-state index contributed by atoms with van der Waals surface area (Å²) in [5.74, 6) is 0. The van der Waals surface area contributed by atoms with E-state index in [4.69, 9.17) is 18.9 Å². The molecule has 12 aromatic rings. The number of nitrogens with zero attached hydrogens (tertiary/aromatic N) is 12. The summed E-state index contributed by atoms with van der Waals surface area (Å²) in [5, 5.41) is 15.6. The molecule has 0 unspecified atom stereocenters. The normalized spacial score (nSPS) is 16.9. The average molecular weight is 1640 g/mol. The number of benzene rings is 12. The van der Waals surface area contributed by atoms with E-state index in [-0.39, 0.29) is 11.3 Å². The van der Waals surface area contributed by atoms with Crippen LogP contribution in [0.15, 0.2) is 218 Å². The molecule has 0 aliphatic carbocycles. The van der Waals surface area contributed by atoms with E-state index < -0.39 is 22.7 Å². The van der Waals surface area contributed by atoms with E-state index in [1.807, 2.05) is 55.4 Å². The van der Waals surface area contributed by atoms with Gasteiger partial charge in [0.25, 0.3) is 0 Å². The van der Waals surface area contributed by atoms with Gasteiger partial charge in [-0.1, -0.05) is 146 Å². The summed E-state index contributed by atoms with van der Waals surface area (Å²) in [6, 6.07) is 83.4. The fraction of sp³-hybridized carbons (Fsp3) is 0.434. The topological polar surface area (TPSA) is 75.8 Å². The highest BCUT2D eigenvalue weighted by Crippen LogP contribution is 2.59. The van der Waals surface area contributed by atoms with Crippen molar-refractivity contribution in [2.75, 3.05) is 196 Å². The van der Waals surface area contributed by atoms with Crippen LogP contribution in [0, 0.1) is 0 Å². The predicted molar refractivity (Wildman–Crippen MR) is 527 cm³/mol. The third-order valence-corrected chi connectivity index (χ3v) is 29.8. The van der Waals surface area contributed by atoms with Gasteiger partial charge in [0, 0.05) is 238 Å². The molecular weight excluding hydrogens is 1510 g/mol. The maximum atomic E-state index is 4.83. The van der Waals surface area contributed by atoms with Gasteiger partial charge in [-0.2, -0.15) is 0 Å². The molecule has 6 aliphatic rings. The van der Waals surface area contributed by atoms with Crippen molar-refractivity contribution >= 4 is 133 Å². The van der Waals surface area contributed by atoms with Crippen LogP contribution in [0.4, 0.5) is 68.2 Å². The molecule has 0 radical (unpaired) electrons. The van der Waals surface area contributed by atoms with Gasteiger partial charge in [-0.3, -0.25) is 0 Å². The summed E-state index contributed by atoms with van der Waals surface area (Å²) in [5.41, 5.74) is 12.7. The van der Waals surface area contributed by atoms with Gasteiger partial charge in [-0.15, -0.1) is 0 Å². The summed E-state index contributed by atoms with van der Waals surface area (Å²) in [6.45, 7) is 27.6. The fourth-order valence-electron chi connectivity index (χ4n) is 22.1. The van der Waals surface area contributed by atoms with Gasteiger partial charge < -0.3 is 77.7 Å². The van der Waals surface area contributed by atoms with Crippen LogP contribution in [0.1, 0.15) is 133 Å². The number of hydrogen-bond acceptors (Lipinski definition) is 16. The Balaban J connectivity index is 0.000000548. The van der Waals surface area contributed by atoms with Crippen molar-refractivity contribution < 1.29 is 18.9 Å². The molecule has 16 nitrogen and oxygen atoms in total. The molecule has 646 valence electrons. The standard InChI is InChI=1S/C90H98N12.4C4H10O/c1-85(91(3)67-39-15-27-61-28-16-40-68(79(61)67)92(85)4)51-53-87(95(7)71-43-19-31-63-32-20-44-72(81(63)71)96(87)8)55-57-89(99(11)75-47-23-35-65-36-24-48-76(83(65)75)100(89)12)59-60-90(101(13)77-49-25-37-66-38-26-50-78(84(66)77)102(90)14)58-56-88(97(9)73-45-21-33-64-34-22-46-74(82(64)73)98(88)10)54-52-86(2)93(5)69-41-17-29-62-30-18-42-70(80(62)69)94(86)6;4*1-3-5-4-2/h15-50H,51-60H2,1-14H3;4*3-4H2,1-2H3. The van der Waals surface area contributed by atoms with Crippen molar-refractivity contribution in [3.63, 3.8) is 0 Å². The zero-order valence-electron chi connectivity index (χ0n) is 77.5. The molecule has 0 N–H and O–H groups in total. The van der Waals surface area contributed by atoms with Crippen LogP contribution in [0.25, 0.3) is 64.6 Å². The molecule has 0 aromatic heterocycles. The van der Waals surface area contributed by atoms with Crippen LogP contribution in [0.2, 0.25) is 0 Å². The smallest absolute Gasteiger partial charge is 0.112 e. The van der Waals surface area contributed by atoms with Crippen LogP contribution >= 0.6 is 0 Å². The minimum Gasteiger partial charge on any atom is -0.382 e. The highest BCUT2D eigenvalue weighted by Gasteiger charge is 2.56. The van der Waals surface area contributed by atoms with Gasteiger partial charge in [0.1, 0.15) is 34.0 Å². The number of hydrogen-bond donors (Lipinski definition) is 0. The van der Waals surface area contributed by atoms with Crippen molar-refractivity contribution in [1.82, 2.24) is 0 Å². The Kier molecular flexibility index (Phi) is 26.1. The Labute approximate surface area is 729 Å². The van der Waals surface area contributed by atoms with E-state index in [1.54, 1.807) is 0 Å². The molecule has 122 heavy (non-hydrogen) atoms. The molecule has 12 aromatic carbocycles. The Morgan fingerprint density at radius 2 is 0.287 bits per heavy atom. The average Bonchev–Trinajstić information content (AvgIpc) is 0.654. The molecule has 16 heteroatoms. The molecule has 0 spiro atoms. The SMILES string of the molecule is CCOCC.CCOCC.CCOCC.CCOCC.CN1c2cccc3cccc(c23)N(C)C1(C)CCC1(CCC2(CCC3(CCC4(CCC5(C)N(C)c6cccc7cccc(c67)N5C)N(C)c5cccc6cccc(c56)N4C)N(C)c4cccc5cccc(c45)N3C)N(C)c3cccc4cccc(c34)N2C)N(C)c2cccc3cccc(c23)N1C. The summed E-state index contributed by atoms with van der Waals surface area (Å²) in [7, 11) is 28.8. The van der Waals surface area contributed by atoms with Crippen molar-refractivity contribution in [3.8, 4) is 0 Å². The molecule has 6 heterocycles. The van der Waals surface area contributed by atoms with Crippen LogP contribution < -0.4 is 58.8 Å². The second-order valence-corrected chi connectivity index (χ2v) is 34.6. The number of anilines is 12. The first kappa shape index (κ1) is 88.0. The Morgan fingerprint density at radius 3 is 0.402 bits per heavy atom. The fourth-order valence-corrected chi connectivity index (χ4v) is 22.1.